The number of nitrogens with zero attached hydrogens (tertiary/aromatic N) is 2. The summed E-state index contributed by atoms with van der Waals surface area (Å²) in [7, 11) is 1.67. The molecule has 0 aromatic rings. The predicted octanol–water partition coefficient (Wildman–Crippen LogP) is 1.74. The van der Waals surface area contributed by atoms with Crippen LogP contribution >= 0.6 is 11.9 Å². The van der Waals surface area contributed by atoms with Gasteiger partial charge < -0.3 is 0 Å². The molecular formula is C3H8N2S. The highest BCUT2D eigenvalue weighted by Crippen LogP contribution is 1.97. The molecule has 0 radical (unpaired) electrons. The van der Waals surface area contributed by atoms with Crippen LogP contribution in [0.1, 0.15) is 6.92 Å². The highest BCUT2D eigenvalue weighted by molar-refractivity contribution is 7.97. The summed E-state index contributed by atoms with van der Waals surface area (Å²) in [5.74, 6) is 1.01. The second-order valence-corrected chi connectivity index (χ2v) is 1.70. The van der Waals surface area contributed by atoms with E-state index in [1.807, 2.05) is 6.92 Å². The van der Waals surface area contributed by atoms with E-state index in [0.29, 0.717) is 0 Å². The van der Waals surface area contributed by atoms with E-state index in [0.717, 1.165) is 5.75 Å². The van der Waals surface area contributed by atoms with Gasteiger partial charge >= 0.3 is 0 Å². The summed E-state index contributed by atoms with van der Waals surface area (Å²) < 4.78 is 3.63. The lowest BCUT2D eigenvalue weighted by atomic mass is 11.0. The summed E-state index contributed by atoms with van der Waals surface area (Å²) in [4.78, 5) is 0. The number of hydrogen-bond acceptors (Lipinski definition) is 3. The van der Waals surface area contributed by atoms with Crippen LogP contribution in [0.5, 0.6) is 0 Å². The van der Waals surface area contributed by atoms with E-state index < -0.39 is 0 Å². The zero-order chi connectivity index (χ0) is 4.83. The van der Waals surface area contributed by atoms with Gasteiger partial charge in [0, 0.05) is 12.8 Å². The predicted molar refractivity (Wildman–Crippen MR) is 28.9 cm³/mol. The van der Waals surface area contributed by atoms with Crippen molar-refractivity contribution in [1.29, 1.82) is 0 Å². The van der Waals surface area contributed by atoms with Gasteiger partial charge in [-0.05, 0) is 11.9 Å². The molecule has 0 heterocycles. The second kappa shape index (κ2) is 4.95. The monoisotopic (exact) mass is 104 g/mol. The zero-order valence-electron chi connectivity index (χ0n) is 4.01. The van der Waals surface area contributed by atoms with Crippen molar-refractivity contribution in [3.63, 3.8) is 0 Å². The first-order chi connectivity index (χ1) is 2.91. The Balaban J connectivity index is 2.66. The molecule has 0 fully saturated rings. The van der Waals surface area contributed by atoms with E-state index in [-0.39, 0.29) is 0 Å². The lowest BCUT2D eigenvalue weighted by Gasteiger charge is -1.75. The van der Waals surface area contributed by atoms with Gasteiger partial charge in [-0.3, -0.25) is 0 Å². The van der Waals surface area contributed by atoms with Gasteiger partial charge in [-0.1, -0.05) is 6.92 Å². The average molecular weight is 104 g/mol. The Labute approximate surface area is 42.2 Å². The molecule has 0 saturated heterocycles. The van der Waals surface area contributed by atoms with Gasteiger partial charge in [0.1, 0.15) is 0 Å². The fourth-order valence-electron chi connectivity index (χ4n) is 0.115. The molecule has 6 heavy (non-hydrogen) atoms. The first-order valence-corrected chi connectivity index (χ1v) is 2.77. The molecule has 0 aromatic heterocycles. The van der Waals surface area contributed by atoms with Gasteiger partial charge in [-0.15, -0.1) is 4.52 Å². The number of rotatable bonds is 2. The number of hydrogen-bond donors (Lipinski definition) is 0. The van der Waals surface area contributed by atoms with Crippen molar-refractivity contribution in [3.05, 3.63) is 0 Å². The molecule has 3 heteroatoms. The van der Waals surface area contributed by atoms with Crippen molar-refractivity contribution in [1.82, 2.24) is 0 Å². The van der Waals surface area contributed by atoms with Crippen LogP contribution < -0.4 is 0 Å². The normalized spacial score (nSPS) is 10.3. The Morgan fingerprint density at radius 2 is 2.33 bits per heavy atom. The summed E-state index contributed by atoms with van der Waals surface area (Å²) in [5, 5.41) is 3.51. The van der Waals surface area contributed by atoms with Crippen molar-refractivity contribution in [2.45, 2.75) is 6.92 Å². The van der Waals surface area contributed by atoms with Gasteiger partial charge in [0.2, 0.25) is 0 Å². The van der Waals surface area contributed by atoms with E-state index in [9.17, 15) is 0 Å². The lowest BCUT2D eigenvalue weighted by Crippen LogP contribution is -1.54. The maximum absolute atomic E-state index is 3.63. The van der Waals surface area contributed by atoms with E-state index in [2.05, 4.69) is 9.63 Å². The molecule has 0 amide bonds. The second-order valence-electron chi connectivity index (χ2n) is 0.699. The lowest BCUT2D eigenvalue weighted by molar-refractivity contribution is 1.25. The van der Waals surface area contributed by atoms with Crippen LogP contribution in [0.25, 0.3) is 0 Å². The topological polar surface area (TPSA) is 24.7 Å². The van der Waals surface area contributed by atoms with Crippen LogP contribution in [0.4, 0.5) is 0 Å². The van der Waals surface area contributed by atoms with Gasteiger partial charge in [0.05, 0.1) is 0 Å². The Kier molecular flexibility index (Phi) is 4.91. The SMILES string of the molecule is CCSN=NC. The fraction of sp³-hybridized carbons (Fsp3) is 1.00. The van der Waals surface area contributed by atoms with Crippen molar-refractivity contribution in [3.8, 4) is 0 Å². The molecule has 0 rings (SSSR count). The van der Waals surface area contributed by atoms with E-state index >= 15 is 0 Å². The van der Waals surface area contributed by atoms with Crippen LogP contribution in [0, 0.1) is 0 Å². The molecule has 0 atom stereocenters. The van der Waals surface area contributed by atoms with E-state index in [1.165, 1.54) is 11.9 Å². The Morgan fingerprint density at radius 3 is 2.50 bits per heavy atom. The van der Waals surface area contributed by atoms with Crippen LogP contribution in [0.2, 0.25) is 0 Å². The first-order valence-electron chi connectivity index (χ1n) is 1.83. The first kappa shape index (κ1) is 5.95. The maximum atomic E-state index is 3.63. The largest absolute Gasteiger partial charge is 0.185 e. The molecule has 0 spiro atoms. The third-order valence-electron chi connectivity index (χ3n) is 0.268. The minimum Gasteiger partial charge on any atom is -0.185 e. The van der Waals surface area contributed by atoms with Gasteiger partial charge in [0.15, 0.2) is 0 Å². The van der Waals surface area contributed by atoms with Crippen molar-refractivity contribution >= 4 is 11.9 Å². The van der Waals surface area contributed by atoms with Gasteiger partial charge in [0.25, 0.3) is 0 Å². The molecule has 0 aliphatic rings. The minimum absolute atomic E-state index is 1.01. The quantitative estimate of drug-likeness (QED) is 0.387. The standard InChI is InChI=1S/C3H8N2S/c1-3-6-5-4-2/h3H2,1-2H3. The molecule has 0 bridgehead atoms. The van der Waals surface area contributed by atoms with Crippen molar-refractivity contribution < 1.29 is 0 Å². The summed E-state index contributed by atoms with van der Waals surface area (Å²) in [6.07, 6.45) is 0. The summed E-state index contributed by atoms with van der Waals surface area (Å²) >= 11 is 1.47. The smallest absolute Gasteiger partial charge is 0.0498 e. The summed E-state index contributed by atoms with van der Waals surface area (Å²) in [6, 6.07) is 0. The highest BCUT2D eigenvalue weighted by atomic mass is 32.2. The van der Waals surface area contributed by atoms with Crippen LogP contribution in [-0.2, 0) is 0 Å². The Bertz CT molecular complexity index is 44.1. The molecule has 0 saturated carbocycles. The molecule has 0 aromatic carbocycles. The molecule has 0 N–H and O–H groups in total. The van der Waals surface area contributed by atoms with Crippen molar-refractivity contribution in [2.75, 3.05) is 12.8 Å². The Morgan fingerprint density at radius 1 is 1.67 bits per heavy atom. The Hall–Kier alpha value is -0.0500. The maximum Gasteiger partial charge on any atom is 0.0498 e. The van der Waals surface area contributed by atoms with Crippen LogP contribution in [0.3, 0.4) is 0 Å². The average Bonchev–Trinajstić information content (AvgIpc) is 1.61. The molecule has 0 unspecified atom stereocenters. The van der Waals surface area contributed by atoms with Crippen LogP contribution in [-0.4, -0.2) is 12.8 Å². The van der Waals surface area contributed by atoms with Crippen LogP contribution in [0.15, 0.2) is 9.63 Å². The highest BCUT2D eigenvalue weighted by Gasteiger charge is 1.66. The third kappa shape index (κ3) is 3.95. The molecule has 0 aliphatic heterocycles. The van der Waals surface area contributed by atoms with Crippen molar-refractivity contribution in [2.24, 2.45) is 9.63 Å². The van der Waals surface area contributed by atoms with E-state index in [4.69, 9.17) is 0 Å². The summed E-state index contributed by atoms with van der Waals surface area (Å²) in [5.41, 5.74) is 0. The third-order valence-corrected chi connectivity index (χ3v) is 0.805. The minimum atomic E-state index is 1.01. The molecular weight excluding hydrogens is 96.1 g/mol. The molecule has 36 valence electrons. The fourth-order valence-corrected chi connectivity index (χ4v) is 0.346. The zero-order valence-corrected chi connectivity index (χ0v) is 4.83. The van der Waals surface area contributed by atoms with Gasteiger partial charge in [-0.25, -0.2) is 0 Å². The van der Waals surface area contributed by atoms with E-state index in [1.54, 1.807) is 7.05 Å². The van der Waals surface area contributed by atoms with Gasteiger partial charge in [-0.2, -0.15) is 5.11 Å². The summed E-state index contributed by atoms with van der Waals surface area (Å²) in [6.45, 7) is 2.04. The molecule has 2 nitrogen and oxygen atoms in total. The molecule has 0 aliphatic carbocycles.